The molecular weight excluding hydrogens is 356 g/mol. The molecule has 2 heterocycles. The highest BCUT2D eigenvalue weighted by atomic mass is 15.3. The van der Waals surface area contributed by atoms with Crippen molar-refractivity contribution in [3.8, 4) is 0 Å². The number of nitrogens with zero attached hydrogens (tertiary/aromatic N) is 4. The van der Waals surface area contributed by atoms with Crippen LogP contribution in [0.1, 0.15) is 74.4 Å². The van der Waals surface area contributed by atoms with E-state index in [2.05, 4.69) is 70.4 Å². The molecule has 158 valence electrons. The summed E-state index contributed by atoms with van der Waals surface area (Å²) in [4.78, 5) is 15.1. The molecule has 0 amide bonds. The Hall–Kier alpha value is -2.10. The van der Waals surface area contributed by atoms with Gasteiger partial charge in [0.25, 0.3) is 0 Å². The molecule has 1 aromatic carbocycles. The highest BCUT2D eigenvalue weighted by molar-refractivity contribution is 5.68. The predicted octanol–water partition coefficient (Wildman–Crippen LogP) is 6.20. The molecular formula is C25H38N4. The van der Waals surface area contributed by atoms with E-state index in [1.165, 1.54) is 46.6 Å². The molecule has 0 bridgehead atoms. The van der Waals surface area contributed by atoms with Gasteiger partial charge in [-0.15, -0.1) is 0 Å². The van der Waals surface area contributed by atoms with Gasteiger partial charge in [0.15, 0.2) is 0 Å². The van der Waals surface area contributed by atoms with Crippen LogP contribution in [0.15, 0.2) is 12.1 Å². The van der Waals surface area contributed by atoms with E-state index in [9.17, 15) is 0 Å². The van der Waals surface area contributed by atoms with E-state index in [0.29, 0.717) is 6.04 Å². The Bertz CT molecular complexity index is 831. The summed E-state index contributed by atoms with van der Waals surface area (Å²) in [6.45, 7) is 17.5. The van der Waals surface area contributed by atoms with Crippen LogP contribution in [0.2, 0.25) is 0 Å². The predicted molar refractivity (Wildman–Crippen MR) is 125 cm³/mol. The molecule has 4 nitrogen and oxygen atoms in total. The summed E-state index contributed by atoms with van der Waals surface area (Å²) in [6.07, 6.45) is 5.85. The van der Waals surface area contributed by atoms with E-state index in [1.807, 2.05) is 0 Å². The van der Waals surface area contributed by atoms with E-state index in [0.717, 1.165) is 44.0 Å². The lowest BCUT2D eigenvalue weighted by Gasteiger charge is -2.33. The number of anilines is 3. The number of aromatic nitrogens is 2. The van der Waals surface area contributed by atoms with Crippen LogP contribution in [0.25, 0.3) is 0 Å². The summed E-state index contributed by atoms with van der Waals surface area (Å²) in [5.74, 6) is 2.02. The van der Waals surface area contributed by atoms with Crippen molar-refractivity contribution in [3.63, 3.8) is 0 Å². The molecule has 0 unspecified atom stereocenters. The second-order valence-electron chi connectivity index (χ2n) is 8.52. The van der Waals surface area contributed by atoms with Gasteiger partial charge in [-0.3, -0.25) is 0 Å². The van der Waals surface area contributed by atoms with Gasteiger partial charge in [-0.25, -0.2) is 4.98 Å². The Morgan fingerprint density at radius 2 is 1.62 bits per heavy atom. The minimum absolute atomic E-state index is 0.548. The average Bonchev–Trinajstić information content (AvgIpc) is 2.89. The molecule has 0 saturated carbocycles. The SMILES string of the molecule is CCC(CC)N1CCCCc2c(C)nc(N(CC)c3c(C)cc(C)cc3C)nc21. The quantitative estimate of drug-likeness (QED) is 0.584. The van der Waals surface area contributed by atoms with Crippen molar-refractivity contribution in [1.29, 1.82) is 0 Å². The van der Waals surface area contributed by atoms with E-state index in [1.54, 1.807) is 0 Å². The largest absolute Gasteiger partial charge is 0.353 e. The maximum Gasteiger partial charge on any atom is 0.232 e. The van der Waals surface area contributed by atoms with E-state index >= 15 is 0 Å². The van der Waals surface area contributed by atoms with Crippen LogP contribution < -0.4 is 9.80 Å². The van der Waals surface area contributed by atoms with Crippen molar-refractivity contribution in [2.24, 2.45) is 0 Å². The molecule has 29 heavy (non-hydrogen) atoms. The van der Waals surface area contributed by atoms with Gasteiger partial charge >= 0.3 is 0 Å². The van der Waals surface area contributed by atoms with Crippen LogP contribution in [0.3, 0.4) is 0 Å². The van der Waals surface area contributed by atoms with Gasteiger partial charge in [-0.05, 0) is 77.8 Å². The summed E-state index contributed by atoms with van der Waals surface area (Å²) in [7, 11) is 0. The summed E-state index contributed by atoms with van der Waals surface area (Å²) in [6, 6.07) is 5.07. The van der Waals surface area contributed by atoms with Gasteiger partial charge in [-0.1, -0.05) is 31.5 Å². The fraction of sp³-hybridized carbons (Fsp3) is 0.600. The molecule has 3 rings (SSSR count). The van der Waals surface area contributed by atoms with Crippen LogP contribution in [-0.4, -0.2) is 29.1 Å². The molecule has 0 spiro atoms. The fourth-order valence-electron chi connectivity index (χ4n) is 4.99. The lowest BCUT2D eigenvalue weighted by molar-refractivity contribution is 0.545. The van der Waals surface area contributed by atoms with E-state index in [-0.39, 0.29) is 0 Å². The van der Waals surface area contributed by atoms with Crippen molar-refractivity contribution in [1.82, 2.24) is 9.97 Å². The zero-order valence-corrected chi connectivity index (χ0v) is 19.5. The smallest absolute Gasteiger partial charge is 0.232 e. The third-order valence-electron chi connectivity index (χ3n) is 6.37. The van der Waals surface area contributed by atoms with Crippen molar-refractivity contribution in [3.05, 3.63) is 40.1 Å². The van der Waals surface area contributed by atoms with Crippen LogP contribution in [-0.2, 0) is 6.42 Å². The maximum atomic E-state index is 5.23. The van der Waals surface area contributed by atoms with Crippen molar-refractivity contribution < 1.29 is 0 Å². The van der Waals surface area contributed by atoms with Crippen LogP contribution in [0, 0.1) is 27.7 Å². The topological polar surface area (TPSA) is 32.3 Å². The number of fused-ring (bicyclic) bond motifs is 1. The zero-order valence-electron chi connectivity index (χ0n) is 19.5. The number of hydrogen-bond donors (Lipinski definition) is 0. The maximum absolute atomic E-state index is 5.23. The molecule has 1 aromatic heterocycles. The molecule has 0 atom stereocenters. The first kappa shape index (κ1) is 21.6. The van der Waals surface area contributed by atoms with Gasteiger partial charge in [-0.2, -0.15) is 4.98 Å². The number of benzene rings is 1. The Morgan fingerprint density at radius 1 is 0.966 bits per heavy atom. The Labute approximate surface area is 177 Å². The minimum atomic E-state index is 0.548. The molecule has 2 aromatic rings. The molecule has 4 heteroatoms. The summed E-state index contributed by atoms with van der Waals surface area (Å²) in [5.41, 5.74) is 7.63. The van der Waals surface area contributed by atoms with Crippen LogP contribution in [0.4, 0.5) is 17.5 Å². The third kappa shape index (κ3) is 4.26. The Kier molecular flexibility index (Phi) is 6.81. The van der Waals surface area contributed by atoms with Gasteiger partial charge in [0.2, 0.25) is 5.95 Å². The van der Waals surface area contributed by atoms with Gasteiger partial charge in [0, 0.05) is 36.1 Å². The molecule has 1 aliphatic heterocycles. The lowest BCUT2D eigenvalue weighted by atomic mass is 10.0. The second kappa shape index (κ2) is 9.15. The highest BCUT2D eigenvalue weighted by Crippen LogP contribution is 2.35. The van der Waals surface area contributed by atoms with E-state index in [4.69, 9.17) is 9.97 Å². The first-order chi connectivity index (χ1) is 13.9. The molecule has 0 N–H and O–H groups in total. The molecule has 0 fully saturated rings. The van der Waals surface area contributed by atoms with Crippen LogP contribution >= 0.6 is 0 Å². The molecule has 0 saturated heterocycles. The Morgan fingerprint density at radius 3 is 2.21 bits per heavy atom. The highest BCUT2D eigenvalue weighted by Gasteiger charge is 2.26. The Balaban J connectivity index is 2.15. The van der Waals surface area contributed by atoms with Gasteiger partial charge in [0.05, 0.1) is 0 Å². The van der Waals surface area contributed by atoms with Crippen molar-refractivity contribution in [2.45, 2.75) is 86.6 Å². The lowest BCUT2D eigenvalue weighted by Crippen LogP contribution is -2.36. The van der Waals surface area contributed by atoms with Crippen molar-refractivity contribution in [2.75, 3.05) is 22.9 Å². The van der Waals surface area contributed by atoms with Gasteiger partial charge in [0.1, 0.15) is 5.82 Å². The van der Waals surface area contributed by atoms with Crippen molar-refractivity contribution >= 4 is 17.5 Å². The standard InChI is InChI=1S/C25H38N4/c1-8-21(9-2)29-14-12-11-13-22-20(7)26-25(27-24(22)29)28(10-3)23-18(5)15-17(4)16-19(23)6/h15-16,21H,8-14H2,1-7H3. The zero-order chi connectivity index (χ0) is 21.1. The third-order valence-corrected chi connectivity index (χ3v) is 6.37. The van der Waals surface area contributed by atoms with Crippen LogP contribution in [0.5, 0.6) is 0 Å². The normalized spacial score (nSPS) is 14.1. The number of aryl methyl sites for hydroxylation is 4. The number of hydrogen-bond acceptors (Lipinski definition) is 4. The minimum Gasteiger partial charge on any atom is -0.353 e. The summed E-state index contributed by atoms with van der Waals surface area (Å²) >= 11 is 0. The van der Waals surface area contributed by atoms with E-state index < -0.39 is 0 Å². The summed E-state index contributed by atoms with van der Waals surface area (Å²) in [5, 5.41) is 0. The van der Waals surface area contributed by atoms with Gasteiger partial charge < -0.3 is 9.80 Å². The first-order valence-electron chi connectivity index (χ1n) is 11.4. The summed E-state index contributed by atoms with van der Waals surface area (Å²) < 4.78 is 0. The number of rotatable bonds is 6. The second-order valence-corrected chi connectivity index (χ2v) is 8.52. The monoisotopic (exact) mass is 394 g/mol. The fourth-order valence-corrected chi connectivity index (χ4v) is 4.99. The average molecular weight is 395 g/mol. The molecule has 0 radical (unpaired) electrons. The molecule has 0 aliphatic carbocycles. The first-order valence-corrected chi connectivity index (χ1v) is 11.4. The molecule has 1 aliphatic rings.